The van der Waals surface area contributed by atoms with Crippen molar-refractivity contribution in [3.8, 4) is 11.5 Å². The molecule has 102 valence electrons. The number of hydrogen-bond acceptors (Lipinski definition) is 3. The Bertz CT molecular complexity index is 498. The van der Waals surface area contributed by atoms with Gasteiger partial charge >= 0.3 is 0 Å². The number of likely N-dealkylation sites (N-methyl/N-ethyl adjacent to an activating group) is 1. The van der Waals surface area contributed by atoms with E-state index in [4.69, 9.17) is 9.47 Å². The summed E-state index contributed by atoms with van der Waals surface area (Å²) in [7, 11) is 2.28. The number of rotatable bonds is 1. The molecular formula is C16H21NO2. The zero-order chi connectivity index (χ0) is 12.9. The van der Waals surface area contributed by atoms with E-state index in [-0.39, 0.29) is 0 Å². The standard InChI is InChI=1S/C16H21NO2/c1-17-9-8-16(7-3-2-4-15(16)17)12-5-6-13-14(10-12)19-11-18-13/h5-6,10,15H,2-4,7-9,11H2,1H3/t15?,16-/m1/s1. The Balaban J connectivity index is 1.77. The lowest BCUT2D eigenvalue weighted by Crippen LogP contribution is -2.43. The maximum Gasteiger partial charge on any atom is 0.231 e. The minimum atomic E-state index is 0.355. The second-order valence-electron chi connectivity index (χ2n) is 6.22. The second-order valence-corrected chi connectivity index (χ2v) is 6.22. The van der Waals surface area contributed by atoms with Gasteiger partial charge in [0.05, 0.1) is 0 Å². The summed E-state index contributed by atoms with van der Waals surface area (Å²) in [6.45, 7) is 1.59. The normalized spacial score (nSPS) is 33.4. The van der Waals surface area contributed by atoms with Crippen molar-refractivity contribution in [2.45, 2.75) is 43.6 Å². The van der Waals surface area contributed by atoms with Gasteiger partial charge in [-0.05, 0) is 50.6 Å². The van der Waals surface area contributed by atoms with Crippen molar-refractivity contribution in [1.82, 2.24) is 4.90 Å². The third-order valence-electron chi connectivity index (χ3n) is 5.38. The van der Waals surface area contributed by atoms with Gasteiger partial charge in [-0.25, -0.2) is 0 Å². The van der Waals surface area contributed by atoms with Crippen LogP contribution in [0.3, 0.4) is 0 Å². The van der Waals surface area contributed by atoms with Crippen LogP contribution < -0.4 is 9.47 Å². The van der Waals surface area contributed by atoms with Crippen LogP contribution in [-0.4, -0.2) is 31.3 Å². The van der Waals surface area contributed by atoms with Crippen LogP contribution in [0.1, 0.15) is 37.7 Å². The van der Waals surface area contributed by atoms with Gasteiger partial charge in [0.15, 0.2) is 11.5 Å². The summed E-state index contributed by atoms with van der Waals surface area (Å²) in [5, 5.41) is 0. The first-order valence-corrected chi connectivity index (χ1v) is 7.40. The summed E-state index contributed by atoms with van der Waals surface area (Å²) in [4.78, 5) is 2.56. The van der Waals surface area contributed by atoms with Gasteiger partial charge in [0.2, 0.25) is 6.79 Å². The number of fused-ring (bicyclic) bond motifs is 2. The predicted octanol–water partition coefficient (Wildman–Crippen LogP) is 2.93. The van der Waals surface area contributed by atoms with Crippen molar-refractivity contribution in [2.24, 2.45) is 0 Å². The molecule has 4 rings (SSSR count). The van der Waals surface area contributed by atoms with E-state index in [1.807, 2.05) is 0 Å². The van der Waals surface area contributed by atoms with Crippen LogP contribution in [-0.2, 0) is 5.41 Å². The quantitative estimate of drug-likeness (QED) is 0.774. The second kappa shape index (κ2) is 4.14. The molecule has 1 saturated heterocycles. The van der Waals surface area contributed by atoms with Gasteiger partial charge in [-0.3, -0.25) is 0 Å². The first kappa shape index (κ1) is 11.6. The molecule has 1 saturated carbocycles. The molecule has 0 N–H and O–H groups in total. The van der Waals surface area contributed by atoms with Gasteiger partial charge in [-0.15, -0.1) is 0 Å². The van der Waals surface area contributed by atoms with Crippen LogP contribution in [0.2, 0.25) is 0 Å². The van der Waals surface area contributed by atoms with E-state index >= 15 is 0 Å². The predicted molar refractivity (Wildman–Crippen MR) is 73.7 cm³/mol. The van der Waals surface area contributed by atoms with Crippen LogP contribution >= 0.6 is 0 Å². The molecule has 3 nitrogen and oxygen atoms in total. The van der Waals surface area contributed by atoms with Crippen molar-refractivity contribution in [2.75, 3.05) is 20.4 Å². The molecule has 0 radical (unpaired) electrons. The monoisotopic (exact) mass is 259 g/mol. The Morgan fingerprint density at radius 3 is 3.00 bits per heavy atom. The molecule has 0 aromatic heterocycles. The van der Waals surface area contributed by atoms with Crippen molar-refractivity contribution in [1.29, 1.82) is 0 Å². The largest absolute Gasteiger partial charge is 0.454 e. The summed E-state index contributed by atoms with van der Waals surface area (Å²) < 4.78 is 11.0. The minimum absolute atomic E-state index is 0.355. The number of hydrogen-bond donors (Lipinski definition) is 0. The van der Waals surface area contributed by atoms with Crippen LogP contribution in [0.15, 0.2) is 18.2 Å². The molecule has 2 fully saturated rings. The Labute approximate surface area is 114 Å². The van der Waals surface area contributed by atoms with Crippen molar-refractivity contribution in [3.63, 3.8) is 0 Å². The first-order valence-electron chi connectivity index (χ1n) is 7.40. The van der Waals surface area contributed by atoms with E-state index in [1.165, 1.54) is 44.2 Å². The van der Waals surface area contributed by atoms with Crippen LogP contribution in [0.25, 0.3) is 0 Å². The van der Waals surface area contributed by atoms with Gasteiger partial charge in [-0.1, -0.05) is 18.9 Å². The third kappa shape index (κ3) is 1.61. The third-order valence-corrected chi connectivity index (χ3v) is 5.38. The fourth-order valence-electron chi connectivity index (χ4n) is 4.37. The summed E-state index contributed by atoms with van der Waals surface area (Å²) in [5.74, 6) is 1.84. The molecule has 1 aromatic rings. The maximum absolute atomic E-state index is 5.57. The van der Waals surface area contributed by atoms with E-state index in [0.717, 1.165) is 11.5 Å². The molecule has 0 spiro atoms. The van der Waals surface area contributed by atoms with E-state index in [2.05, 4.69) is 30.1 Å². The average Bonchev–Trinajstić information content (AvgIpc) is 3.04. The molecule has 0 bridgehead atoms. The maximum atomic E-state index is 5.57. The topological polar surface area (TPSA) is 21.7 Å². The Morgan fingerprint density at radius 2 is 2.05 bits per heavy atom. The van der Waals surface area contributed by atoms with E-state index in [1.54, 1.807) is 0 Å². The van der Waals surface area contributed by atoms with Gasteiger partial charge in [0, 0.05) is 11.5 Å². The lowest BCUT2D eigenvalue weighted by atomic mass is 9.66. The van der Waals surface area contributed by atoms with E-state index in [9.17, 15) is 0 Å². The SMILES string of the molecule is CN1CC[C@@]2(c3ccc4c(c3)OCO4)CCCCC12. The molecular weight excluding hydrogens is 238 g/mol. The lowest BCUT2D eigenvalue weighted by Gasteiger charge is -2.41. The highest BCUT2D eigenvalue weighted by molar-refractivity contribution is 5.47. The van der Waals surface area contributed by atoms with Crippen molar-refractivity contribution >= 4 is 0 Å². The molecule has 2 heterocycles. The molecule has 2 atom stereocenters. The molecule has 1 unspecified atom stereocenters. The molecule has 0 amide bonds. The number of benzene rings is 1. The zero-order valence-corrected chi connectivity index (χ0v) is 11.5. The van der Waals surface area contributed by atoms with Crippen LogP contribution in [0, 0.1) is 0 Å². The summed E-state index contributed by atoms with van der Waals surface area (Å²) in [6.07, 6.45) is 6.68. The summed E-state index contributed by atoms with van der Waals surface area (Å²) in [6, 6.07) is 7.31. The van der Waals surface area contributed by atoms with Crippen LogP contribution in [0.4, 0.5) is 0 Å². The number of likely N-dealkylation sites (tertiary alicyclic amines) is 1. The van der Waals surface area contributed by atoms with Gasteiger partial charge in [-0.2, -0.15) is 0 Å². The lowest BCUT2D eigenvalue weighted by molar-refractivity contribution is 0.172. The molecule has 1 aromatic carbocycles. The summed E-state index contributed by atoms with van der Waals surface area (Å²) in [5.41, 5.74) is 1.82. The van der Waals surface area contributed by atoms with Gasteiger partial charge in [0.1, 0.15) is 0 Å². The highest BCUT2D eigenvalue weighted by Gasteiger charge is 2.48. The summed E-state index contributed by atoms with van der Waals surface area (Å²) >= 11 is 0. The molecule has 19 heavy (non-hydrogen) atoms. The fraction of sp³-hybridized carbons (Fsp3) is 0.625. The first-order chi connectivity index (χ1) is 9.29. The average molecular weight is 259 g/mol. The Morgan fingerprint density at radius 1 is 1.16 bits per heavy atom. The van der Waals surface area contributed by atoms with Crippen molar-refractivity contribution in [3.05, 3.63) is 23.8 Å². The fourth-order valence-corrected chi connectivity index (χ4v) is 4.37. The molecule has 1 aliphatic carbocycles. The van der Waals surface area contributed by atoms with Gasteiger partial charge in [0.25, 0.3) is 0 Å². The van der Waals surface area contributed by atoms with Gasteiger partial charge < -0.3 is 14.4 Å². The van der Waals surface area contributed by atoms with E-state index in [0.29, 0.717) is 18.2 Å². The highest BCUT2D eigenvalue weighted by Crippen LogP contribution is 2.50. The zero-order valence-electron chi connectivity index (χ0n) is 11.5. The molecule has 3 aliphatic rings. The number of nitrogens with zero attached hydrogens (tertiary/aromatic N) is 1. The Hall–Kier alpha value is -1.22. The smallest absolute Gasteiger partial charge is 0.231 e. The molecule has 3 heteroatoms. The van der Waals surface area contributed by atoms with Crippen LogP contribution in [0.5, 0.6) is 11.5 Å². The minimum Gasteiger partial charge on any atom is -0.454 e. The number of ether oxygens (including phenoxy) is 2. The van der Waals surface area contributed by atoms with E-state index < -0.39 is 0 Å². The highest BCUT2D eigenvalue weighted by atomic mass is 16.7. The Kier molecular flexibility index (Phi) is 2.52. The van der Waals surface area contributed by atoms with Crippen molar-refractivity contribution < 1.29 is 9.47 Å². The molecule has 2 aliphatic heterocycles.